The number of nitro groups is 1. The fourth-order valence-electron chi connectivity index (χ4n) is 1.32. The lowest BCUT2D eigenvalue weighted by Crippen LogP contribution is -2.08. The lowest BCUT2D eigenvalue weighted by molar-refractivity contribution is -0.385. The molecule has 1 rings (SSSR count). The van der Waals surface area contributed by atoms with E-state index in [2.05, 4.69) is 20.7 Å². The zero-order chi connectivity index (χ0) is 13.0. The van der Waals surface area contributed by atoms with E-state index in [-0.39, 0.29) is 23.2 Å². The molecule has 0 spiro atoms. The first kappa shape index (κ1) is 13.3. The molecule has 0 radical (unpaired) electrons. The van der Waals surface area contributed by atoms with E-state index in [1.165, 1.54) is 19.2 Å². The minimum absolute atomic E-state index is 0.108. The van der Waals surface area contributed by atoms with Gasteiger partial charge in [0.2, 0.25) is 0 Å². The number of hydrogen-bond donors (Lipinski definition) is 0. The van der Waals surface area contributed by atoms with Crippen LogP contribution in [0.3, 0.4) is 0 Å². The van der Waals surface area contributed by atoms with E-state index in [4.69, 9.17) is 0 Å². The van der Waals surface area contributed by atoms with Crippen LogP contribution >= 0.6 is 15.9 Å². The number of methoxy groups -OCH3 is 1. The van der Waals surface area contributed by atoms with E-state index < -0.39 is 10.9 Å². The van der Waals surface area contributed by atoms with Gasteiger partial charge in [-0.25, -0.2) is 0 Å². The minimum Gasteiger partial charge on any atom is -0.469 e. The van der Waals surface area contributed by atoms with Crippen LogP contribution in [0, 0.1) is 10.1 Å². The van der Waals surface area contributed by atoms with Gasteiger partial charge in [0.05, 0.1) is 24.0 Å². The molecule has 0 aliphatic heterocycles. The molecule has 0 heterocycles. The smallest absolute Gasteiger partial charge is 0.310 e. The molecule has 0 atom stereocenters. The van der Waals surface area contributed by atoms with Crippen molar-refractivity contribution in [3.8, 4) is 0 Å². The molecule has 0 amide bonds. The third-order valence-electron chi connectivity index (χ3n) is 2.09. The van der Waals surface area contributed by atoms with E-state index in [1.807, 2.05) is 0 Å². The van der Waals surface area contributed by atoms with Gasteiger partial charge in [-0.1, -0.05) is 15.9 Å². The topological polar surface area (TPSA) is 86.5 Å². The number of nitrogens with zero attached hydrogens (tertiary/aromatic N) is 1. The highest BCUT2D eigenvalue weighted by Crippen LogP contribution is 2.26. The SMILES string of the molecule is COC(=O)Cc1cc(Br)cc([N+](=O)[O-])c1C=O. The van der Waals surface area contributed by atoms with Gasteiger partial charge in [0.25, 0.3) is 5.69 Å². The zero-order valence-electron chi connectivity index (χ0n) is 8.81. The first-order chi connectivity index (χ1) is 7.99. The Labute approximate surface area is 105 Å². The van der Waals surface area contributed by atoms with Crippen molar-refractivity contribution in [2.75, 3.05) is 7.11 Å². The van der Waals surface area contributed by atoms with Gasteiger partial charge in [0, 0.05) is 10.5 Å². The first-order valence-corrected chi connectivity index (χ1v) is 5.27. The molecule has 17 heavy (non-hydrogen) atoms. The van der Waals surface area contributed by atoms with Crippen molar-refractivity contribution in [2.24, 2.45) is 0 Å². The molecule has 0 aromatic heterocycles. The quantitative estimate of drug-likeness (QED) is 0.367. The molecule has 1 aromatic rings. The second kappa shape index (κ2) is 5.53. The van der Waals surface area contributed by atoms with E-state index in [1.54, 1.807) is 0 Å². The number of halogens is 1. The monoisotopic (exact) mass is 301 g/mol. The van der Waals surface area contributed by atoms with Gasteiger partial charge in [-0.15, -0.1) is 0 Å². The summed E-state index contributed by atoms with van der Waals surface area (Å²) >= 11 is 3.08. The van der Waals surface area contributed by atoms with Gasteiger partial charge >= 0.3 is 5.97 Å². The van der Waals surface area contributed by atoms with Crippen molar-refractivity contribution in [1.29, 1.82) is 0 Å². The van der Waals surface area contributed by atoms with Crippen molar-refractivity contribution in [2.45, 2.75) is 6.42 Å². The fraction of sp³-hybridized carbons (Fsp3) is 0.200. The first-order valence-electron chi connectivity index (χ1n) is 4.48. The summed E-state index contributed by atoms with van der Waals surface area (Å²) in [6, 6.07) is 2.69. The largest absolute Gasteiger partial charge is 0.469 e. The number of aldehydes is 1. The number of rotatable bonds is 4. The molecule has 0 unspecified atom stereocenters. The molecule has 90 valence electrons. The Kier molecular flexibility index (Phi) is 4.33. The molecule has 0 saturated heterocycles. The van der Waals surface area contributed by atoms with Crippen molar-refractivity contribution < 1.29 is 19.2 Å². The van der Waals surface area contributed by atoms with Crippen molar-refractivity contribution >= 4 is 33.9 Å². The van der Waals surface area contributed by atoms with E-state index in [0.29, 0.717) is 10.8 Å². The van der Waals surface area contributed by atoms with E-state index in [9.17, 15) is 19.7 Å². The number of ether oxygens (including phenoxy) is 1. The highest BCUT2D eigenvalue weighted by molar-refractivity contribution is 9.10. The Morgan fingerprint density at radius 1 is 1.59 bits per heavy atom. The summed E-state index contributed by atoms with van der Waals surface area (Å²) in [6.07, 6.45) is 0.174. The predicted molar refractivity (Wildman–Crippen MR) is 61.9 cm³/mol. The summed E-state index contributed by atoms with van der Waals surface area (Å²) in [6.45, 7) is 0. The van der Waals surface area contributed by atoms with Gasteiger partial charge < -0.3 is 4.74 Å². The second-order valence-corrected chi connectivity index (χ2v) is 4.04. The maximum atomic E-state index is 11.1. The molecule has 0 fully saturated rings. The number of carbonyl (C=O) groups is 2. The van der Waals surface area contributed by atoms with Gasteiger partial charge in [0.1, 0.15) is 0 Å². The van der Waals surface area contributed by atoms with Crippen LogP contribution in [0.2, 0.25) is 0 Å². The highest BCUT2D eigenvalue weighted by atomic mass is 79.9. The Hall–Kier alpha value is -1.76. The van der Waals surface area contributed by atoms with Gasteiger partial charge in [-0.05, 0) is 11.6 Å². The number of esters is 1. The van der Waals surface area contributed by atoms with Gasteiger partial charge in [-0.2, -0.15) is 0 Å². The fourth-order valence-corrected chi connectivity index (χ4v) is 1.81. The zero-order valence-corrected chi connectivity index (χ0v) is 10.4. The summed E-state index contributed by atoms with van der Waals surface area (Å²) in [4.78, 5) is 32.1. The van der Waals surface area contributed by atoms with Crippen LogP contribution in [0.25, 0.3) is 0 Å². The number of benzene rings is 1. The van der Waals surface area contributed by atoms with E-state index in [0.717, 1.165) is 0 Å². The standard InChI is InChI=1S/C10H8BrNO5/c1-17-10(14)3-6-2-7(11)4-9(12(15)16)8(6)5-13/h2,4-5H,3H2,1H3. The van der Waals surface area contributed by atoms with Crippen LogP contribution in [-0.2, 0) is 16.0 Å². The average molecular weight is 302 g/mol. The van der Waals surface area contributed by atoms with Crippen molar-refractivity contribution in [3.63, 3.8) is 0 Å². The molecule has 6 nitrogen and oxygen atoms in total. The lowest BCUT2D eigenvalue weighted by Gasteiger charge is -2.05. The molecule has 1 aromatic carbocycles. The molecular formula is C10H8BrNO5. The second-order valence-electron chi connectivity index (χ2n) is 3.13. The van der Waals surface area contributed by atoms with Crippen LogP contribution in [0.1, 0.15) is 15.9 Å². The third kappa shape index (κ3) is 3.10. The molecule has 7 heteroatoms. The van der Waals surface area contributed by atoms with Crippen molar-refractivity contribution in [3.05, 3.63) is 37.8 Å². The van der Waals surface area contributed by atoms with Crippen LogP contribution in [0.15, 0.2) is 16.6 Å². The van der Waals surface area contributed by atoms with Gasteiger partial charge in [0.15, 0.2) is 6.29 Å². The van der Waals surface area contributed by atoms with Crippen molar-refractivity contribution in [1.82, 2.24) is 0 Å². The Balaban J connectivity index is 3.32. The van der Waals surface area contributed by atoms with Crippen LogP contribution in [-0.4, -0.2) is 24.3 Å². The number of carbonyl (C=O) groups excluding carboxylic acids is 2. The molecule has 0 aliphatic carbocycles. The third-order valence-corrected chi connectivity index (χ3v) is 2.54. The predicted octanol–water partition coefficient (Wildman–Crippen LogP) is 1.89. The number of nitro benzene ring substituents is 1. The van der Waals surface area contributed by atoms with Crippen LogP contribution < -0.4 is 0 Å². The van der Waals surface area contributed by atoms with E-state index >= 15 is 0 Å². The maximum Gasteiger partial charge on any atom is 0.310 e. The summed E-state index contributed by atoms with van der Waals surface area (Å²) < 4.78 is 4.88. The highest BCUT2D eigenvalue weighted by Gasteiger charge is 2.20. The number of hydrogen-bond acceptors (Lipinski definition) is 5. The average Bonchev–Trinajstić information content (AvgIpc) is 2.28. The molecular weight excluding hydrogens is 294 g/mol. The lowest BCUT2D eigenvalue weighted by atomic mass is 10.0. The summed E-state index contributed by atoms with van der Waals surface area (Å²) in [5.74, 6) is -0.569. The Morgan fingerprint density at radius 2 is 2.24 bits per heavy atom. The molecule has 0 saturated carbocycles. The minimum atomic E-state index is -0.671. The van der Waals surface area contributed by atoms with Gasteiger partial charge in [-0.3, -0.25) is 19.7 Å². The van der Waals surface area contributed by atoms with Crippen LogP contribution in [0.5, 0.6) is 0 Å². The molecule has 0 aliphatic rings. The Bertz CT molecular complexity index is 486. The van der Waals surface area contributed by atoms with Crippen LogP contribution in [0.4, 0.5) is 5.69 Å². The molecule has 0 N–H and O–H groups in total. The summed E-state index contributed by atoms with van der Waals surface area (Å²) in [7, 11) is 1.20. The normalized spacial score (nSPS) is 9.76. The maximum absolute atomic E-state index is 11.1. The summed E-state index contributed by atoms with van der Waals surface area (Å²) in [5, 5.41) is 10.8. The Morgan fingerprint density at radius 3 is 2.71 bits per heavy atom. The summed E-state index contributed by atoms with van der Waals surface area (Å²) in [5.41, 5.74) is -0.190. The molecule has 0 bridgehead atoms.